The molecule has 0 bridgehead atoms. The monoisotopic (exact) mass is 288 g/mol. The van der Waals surface area contributed by atoms with Crippen LogP contribution in [0.3, 0.4) is 0 Å². The average Bonchev–Trinajstić information content (AvgIpc) is 3.02. The molecular weight excluding hydrogens is 264 g/mol. The first-order valence-corrected chi connectivity index (χ1v) is 7.70. The summed E-state index contributed by atoms with van der Waals surface area (Å²) in [6, 6.07) is 8.79. The molecule has 0 spiro atoms. The fourth-order valence-electron chi connectivity index (χ4n) is 4.17. The zero-order chi connectivity index (χ0) is 15.0. The van der Waals surface area contributed by atoms with Crippen LogP contribution < -0.4 is 5.32 Å². The summed E-state index contributed by atoms with van der Waals surface area (Å²) in [6.07, 6.45) is 2.83. The van der Waals surface area contributed by atoms with Gasteiger partial charge in [-0.25, -0.2) is 0 Å². The molecule has 1 fully saturated rings. The van der Waals surface area contributed by atoms with E-state index in [1.165, 1.54) is 25.5 Å². The Labute approximate surface area is 126 Å². The highest BCUT2D eigenvalue weighted by Crippen LogP contribution is 2.49. The number of fused-ring (bicyclic) bond motifs is 1. The second-order valence-electron chi connectivity index (χ2n) is 6.47. The van der Waals surface area contributed by atoms with Gasteiger partial charge in [-0.2, -0.15) is 0 Å². The molecule has 114 valence electrons. The van der Waals surface area contributed by atoms with Crippen molar-refractivity contribution in [2.24, 2.45) is 0 Å². The summed E-state index contributed by atoms with van der Waals surface area (Å²) in [6.45, 7) is 3.39. The number of hydrogen-bond acceptors (Lipinski definition) is 4. The fraction of sp³-hybridized carbons (Fsp3) is 0.588. The highest BCUT2D eigenvalue weighted by molar-refractivity contribution is 5.74. The number of nitrogens with zero attached hydrogens (tertiary/aromatic N) is 1. The van der Waals surface area contributed by atoms with Crippen molar-refractivity contribution in [1.82, 2.24) is 4.90 Å². The molecule has 1 aromatic rings. The quantitative estimate of drug-likeness (QED) is 0.868. The molecule has 2 heterocycles. The number of hydrogen-bond donors (Lipinski definition) is 1. The maximum absolute atomic E-state index is 11.9. The summed E-state index contributed by atoms with van der Waals surface area (Å²) in [5.41, 5.74) is 2.28. The van der Waals surface area contributed by atoms with Crippen molar-refractivity contribution in [2.75, 3.05) is 26.0 Å². The van der Waals surface area contributed by atoms with Crippen molar-refractivity contribution in [3.63, 3.8) is 0 Å². The van der Waals surface area contributed by atoms with Gasteiger partial charge in [0.25, 0.3) is 0 Å². The van der Waals surface area contributed by atoms with Gasteiger partial charge in [-0.3, -0.25) is 4.79 Å². The lowest BCUT2D eigenvalue weighted by molar-refractivity contribution is -0.141. The molecule has 1 saturated heterocycles. The molecule has 2 aliphatic rings. The molecule has 3 rings (SSSR count). The highest BCUT2D eigenvalue weighted by Gasteiger charge is 2.50. The Morgan fingerprint density at radius 3 is 2.90 bits per heavy atom. The van der Waals surface area contributed by atoms with E-state index in [0.29, 0.717) is 12.5 Å². The third kappa shape index (κ3) is 2.31. The largest absolute Gasteiger partial charge is 0.469 e. The molecule has 3 atom stereocenters. The van der Waals surface area contributed by atoms with E-state index < -0.39 is 0 Å². The number of ether oxygens (including phenoxy) is 1. The molecule has 0 aromatic heterocycles. The topological polar surface area (TPSA) is 41.6 Å². The van der Waals surface area contributed by atoms with Gasteiger partial charge in [-0.15, -0.1) is 0 Å². The van der Waals surface area contributed by atoms with E-state index in [1.54, 1.807) is 0 Å². The standard InChI is InChI=1S/C17H24N2O2/c1-17(15-9-6-10-19(15)2)13(11-16(20)21-3)12-7-4-5-8-14(12)18-17/h4-5,7-8,13,15,18H,6,9-11H2,1-3H3. The Kier molecular flexibility index (Phi) is 3.66. The molecule has 0 saturated carbocycles. The van der Waals surface area contributed by atoms with Crippen LogP contribution in [-0.4, -0.2) is 43.2 Å². The minimum atomic E-state index is -0.134. The molecule has 0 radical (unpaired) electrons. The summed E-state index contributed by atoms with van der Waals surface area (Å²) in [5.74, 6) is 0.0251. The van der Waals surface area contributed by atoms with Crippen molar-refractivity contribution >= 4 is 11.7 Å². The van der Waals surface area contributed by atoms with Crippen LogP contribution in [0, 0.1) is 0 Å². The molecule has 2 aliphatic heterocycles. The zero-order valence-electron chi connectivity index (χ0n) is 13.1. The highest BCUT2D eigenvalue weighted by atomic mass is 16.5. The summed E-state index contributed by atoms with van der Waals surface area (Å²) >= 11 is 0. The van der Waals surface area contributed by atoms with Crippen LogP contribution in [0.25, 0.3) is 0 Å². The van der Waals surface area contributed by atoms with Crippen molar-refractivity contribution in [3.8, 4) is 0 Å². The number of anilines is 1. The molecule has 4 nitrogen and oxygen atoms in total. The number of carbonyl (C=O) groups is 1. The molecule has 0 amide bonds. The smallest absolute Gasteiger partial charge is 0.306 e. The summed E-state index contributed by atoms with van der Waals surface area (Å²) in [5, 5.41) is 3.71. The molecule has 3 unspecified atom stereocenters. The maximum Gasteiger partial charge on any atom is 0.306 e. The number of methoxy groups -OCH3 is 1. The molecule has 4 heteroatoms. The number of benzene rings is 1. The van der Waals surface area contributed by atoms with Gasteiger partial charge in [0.2, 0.25) is 0 Å². The van der Waals surface area contributed by atoms with Gasteiger partial charge >= 0.3 is 5.97 Å². The summed E-state index contributed by atoms with van der Waals surface area (Å²) in [4.78, 5) is 14.3. The van der Waals surface area contributed by atoms with E-state index in [4.69, 9.17) is 4.74 Å². The lowest BCUT2D eigenvalue weighted by Crippen LogP contribution is -2.53. The van der Waals surface area contributed by atoms with Gasteiger partial charge in [-0.05, 0) is 45.0 Å². The van der Waals surface area contributed by atoms with Crippen LogP contribution in [0.5, 0.6) is 0 Å². The van der Waals surface area contributed by atoms with Gasteiger partial charge in [-0.1, -0.05) is 18.2 Å². The van der Waals surface area contributed by atoms with Gasteiger partial charge in [0, 0.05) is 17.6 Å². The Morgan fingerprint density at radius 2 is 2.24 bits per heavy atom. The van der Waals surface area contributed by atoms with E-state index >= 15 is 0 Å². The maximum atomic E-state index is 11.9. The minimum absolute atomic E-state index is 0.122. The number of carbonyl (C=O) groups excluding carboxylic acids is 1. The Balaban J connectivity index is 1.97. The lowest BCUT2D eigenvalue weighted by Gasteiger charge is -2.41. The predicted molar refractivity (Wildman–Crippen MR) is 83.5 cm³/mol. The number of esters is 1. The van der Waals surface area contributed by atoms with Crippen molar-refractivity contribution < 1.29 is 9.53 Å². The molecular formula is C17H24N2O2. The van der Waals surface area contributed by atoms with Gasteiger partial charge in [0.05, 0.1) is 19.1 Å². The number of rotatable bonds is 3. The fourth-order valence-corrected chi connectivity index (χ4v) is 4.17. The Hall–Kier alpha value is -1.55. The zero-order valence-corrected chi connectivity index (χ0v) is 13.1. The second kappa shape index (κ2) is 5.34. The Bertz CT molecular complexity index is 545. The van der Waals surface area contributed by atoms with Crippen LogP contribution in [0.15, 0.2) is 24.3 Å². The molecule has 0 aliphatic carbocycles. The van der Waals surface area contributed by atoms with Gasteiger partial charge < -0.3 is 15.0 Å². The van der Waals surface area contributed by atoms with Crippen LogP contribution in [0.2, 0.25) is 0 Å². The van der Waals surface area contributed by atoms with Gasteiger partial charge in [0.15, 0.2) is 0 Å². The minimum Gasteiger partial charge on any atom is -0.469 e. The number of likely N-dealkylation sites (tertiary alicyclic amines) is 1. The first kappa shape index (κ1) is 14.4. The Morgan fingerprint density at radius 1 is 1.48 bits per heavy atom. The van der Waals surface area contributed by atoms with Crippen molar-refractivity contribution in [1.29, 1.82) is 0 Å². The van der Waals surface area contributed by atoms with E-state index in [0.717, 1.165) is 12.2 Å². The number of likely N-dealkylation sites (N-methyl/N-ethyl adjacent to an activating group) is 1. The first-order chi connectivity index (χ1) is 10.1. The number of nitrogens with one attached hydrogen (secondary N) is 1. The van der Waals surface area contributed by atoms with Crippen molar-refractivity contribution in [3.05, 3.63) is 29.8 Å². The average molecular weight is 288 g/mol. The molecule has 1 aromatic carbocycles. The van der Waals surface area contributed by atoms with E-state index in [1.807, 2.05) is 6.07 Å². The van der Waals surface area contributed by atoms with E-state index in [2.05, 4.69) is 42.4 Å². The second-order valence-corrected chi connectivity index (χ2v) is 6.47. The number of para-hydroxylation sites is 1. The third-order valence-electron chi connectivity index (χ3n) is 5.28. The van der Waals surface area contributed by atoms with E-state index in [9.17, 15) is 4.79 Å². The molecule has 21 heavy (non-hydrogen) atoms. The summed E-state index contributed by atoms with van der Waals surface area (Å²) in [7, 11) is 3.65. The molecule has 1 N–H and O–H groups in total. The van der Waals surface area contributed by atoms with Crippen molar-refractivity contribution in [2.45, 2.75) is 43.7 Å². The first-order valence-electron chi connectivity index (χ1n) is 7.70. The van der Waals surface area contributed by atoms with Gasteiger partial charge in [0.1, 0.15) is 0 Å². The predicted octanol–water partition coefficient (Wildman–Crippen LogP) is 2.61. The lowest BCUT2D eigenvalue weighted by atomic mass is 9.76. The summed E-state index contributed by atoms with van der Waals surface area (Å²) < 4.78 is 4.93. The van der Waals surface area contributed by atoms with E-state index in [-0.39, 0.29) is 17.4 Å². The third-order valence-corrected chi connectivity index (χ3v) is 5.28. The van der Waals surface area contributed by atoms with Crippen LogP contribution in [0.1, 0.15) is 37.7 Å². The normalized spacial score (nSPS) is 31.8. The SMILES string of the molecule is COC(=O)CC1c2ccccc2NC1(C)C1CCCN1C. The van der Waals surface area contributed by atoms with Crippen LogP contribution >= 0.6 is 0 Å². The van der Waals surface area contributed by atoms with Crippen LogP contribution in [0.4, 0.5) is 5.69 Å². The van der Waals surface area contributed by atoms with Crippen LogP contribution in [-0.2, 0) is 9.53 Å².